The van der Waals surface area contributed by atoms with Gasteiger partial charge in [0.25, 0.3) is 0 Å². The first kappa shape index (κ1) is 14.9. The predicted octanol–water partition coefficient (Wildman–Crippen LogP) is 4.89. The molecule has 25 heavy (non-hydrogen) atoms. The molecule has 3 heterocycles. The second kappa shape index (κ2) is 6.14. The van der Waals surface area contributed by atoms with E-state index >= 15 is 0 Å². The quantitative estimate of drug-likeness (QED) is 0.571. The van der Waals surface area contributed by atoms with Crippen LogP contribution in [-0.4, -0.2) is 28.0 Å². The van der Waals surface area contributed by atoms with Gasteiger partial charge >= 0.3 is 0 Å². The fourth-order valence-corrected chi connectivity index (χ4v) is 4.44. The van der Waals surface area contributed by atoms with Crippen molar-refractivity contribution in [2.75, 3.05) is 13.1 Å². The number of thiophene rings is 1. The third-order valence-corrected chi connectivity index (χ3v) is 5.81. The zero-order valence-corrected chi connectivity index (χ0v) is 14.7. The summed E-state index contributed by atoms with van der Waals surface area (Å²) >= 11 is 1.86. The number of nitrogens with one attached hydrogen (secondary N) is 1. The van der Waals surface area contributed by atoms with E-state index < -0.39 is 0 Å². The van der Waals surface area contributed by atoms with Gasteiger partial charge in [-0.1, -0.05) is 42.5 Å². The Morgan fingerprint density at radius 3 is 2.64 bits per heavy atom. The molecule has 0 radical (unpaired) electrons. The number of nitrogens with zero attached hydrogens (tertiary/aromatic N) is 2. The van der Waals surface area contributed by atoms with E-state index in [1.807, 2.05) is 17.4 Å². The monoisotopic (exact) mass is 345 g/mol. The van der Waals surface area contributed by atoms with Crippen LogP contribution in [0.5, 0.6) is 0 Å². The fraction of sp³-hybridized carbons (Fsp3) is 0.190. The number of hydrogen-bond acceptors (Lipinski definition) is 3. The van der Waals surface area contributed by atoms with E-state index in [1.165, 1.54) is 16.0 Å². The Morgan fingerprint density at radius 2 is 1.80 bits per heavy atom. The molecule has 1 aliphatic heterocycles. The van der Waals surface area contributed by atoms with E-state index in [2.05, 4.69) is 69.9 Å². The topological polar surface area (TPSA) is 31.9 Å². The van der Waals surface area contributed by atoms with Crippen LogP contribution < -0.4 is 0 Å². The molecule has 0 spiro atoms. The maximum Gasteiger partial charge on any atom is 0.112 e. The van der Waals surface area contributed by atoms with Gasteiger partial charge in [0.1, 0.15) is 5.82 Å². The summed E-state index contributed by atoms with van der Waals surface area (Å²) in [6.07, 6.45) is 0. The number of likely N-dealkylation sites (tertiary alicyclic amines) is 1. The Balaban J connectivity index is 1.23. The molecule has 1 fully saturated rings. The highest BCUT2D eigenvalue weighted by Crippen LogP contribution is 2.31. The van der Waals surface area contributed by atoms with Crippen molar-refractivity contribution in [2.45, 2.75) is 12.5 Å². The molecular weight excluding hydrogens is 326 g/mol. The van der Waals surface area contributed by atoms with Crippen molar-refractivity contribution >= 4 is 22.4 Å². The number of hydrogen-bond donors (Lipinski definition) is 1. The first-order chi connectivity index (χ1) is 12.3. The van der Waals surface area contributed by atoms with Crippen LogP contribution in [0, 0.1) is 0 Å². The predicted molar refractivity (Wildman–Crippen MR) is 104 cm³/mol. The molecule has 1 aliphatic rings. The lowest BCUT2D eigenvalue weighted by Gasteiger charge is -2.37. The minimum Gasteiger partial charge on any atom is -0.342 e. The van der Waals surface area contributed by atoms with Gasteiger partial charge < -0.3 is 4.98 Å². The molecule has 5 rings (SSSR count). The molecule has 124 valence electrons. The van der Waals surface area contributed by atoms with Crippen LogP contribution in [-0.2, 0) is 6.54 Å². The molecule has 1 saturated heterocycles. The molecule has 1 N–H and O–H groups in total. The van der Waals surface area contributed by atoms with Crippen LogP contribution in [0.1, 0.15) is 16.6 Å². The first-order valence-corrected chi connectivity index (χ1v) is 9.53. The molecule has 0 unspecified atom stereocenters. The van der Waals surface area contributed by atoms with E-state index in [-0.39, 0.29) is 0 Å². The Labute approximate surface area is 151 Å². The van der Waals surface area contributed by atoms with Gasteiger partial charge in [0, 0.05) is 30.4 Å². The summed E-state index contributed by atoms with van der Waals surface area (Å²) in [7, 11) is 0. The lowest BCUT2D eigenvalue weighted by molar-refractivity contribution is 0.137. The number of rotatable bonds is 4. The number of imidazole rings is 1. The summed E-state index contributed by atoms with van der Waals surface area (Å²) in [6.45, 7) is 3.20. The summed E-state index contributed by atoms with van der Waals surface area (Å²) < 4.78 is 0. The summed E-state index contributed by atoms with van der Waals surface area (Å²) in [4.78, 5) is 12.1. The van der Waals surface area contributed by atoms with Crippen LogP contribution in [0.2, 0.25) is 0 Å². The Hall–Kier alpha value is -2.43. The second-order valence-electron chi connectivity index (χ2n) is 6.70. The SMILES string of the molecule is c1ccc(-c2csc(CN3CC(c4nc5ccccc5[nH]4)C3)c2)cc1. The maximum atomic E-state index is 4.74. The van der Waals surface area contributed by atoms with Crippen molar-refractivity contribution in [1.82, 2.24) is 14.9 Å². The Bertz CT molecular complexity index is 963. The fourth-order valence-electron chi connectivity index (χ4n) is 3.50. The molecule has 0 aliphatic carbocycles. The average molecular weight is 345 g/mol. The van der Waals surface area contributed by atoms with Gasteiger partial charge in [0.05, 0.1) is 11.0 Å². The van der Waals surface area contributed by atoms with Crippen LogP contribution in [0.15, 0.2) is 66.0 Å². The molecule has 2 aromatic carbocycles. The highest BCUT2D eigenvalue weighted by molar-refractivity contribution is 7.10. The van der Waals surface area contributed by atoms with E-state index in [0.717, 1.165) is 36.5 Å². The number of benzene rings is 2. The molecular formula is C21H19N3S. The lowest BCUT2D eigenvalue weighted by Crippen LogP contribution is -2.44. The second-order valence-corrected chi connectivity index (χ2v) is 7.69. The lowest BCUT2D eigenvalue weighted by atomic mass is 9.99. The summed E-state index contributed by atoms with van der Waals surface area (Å²) in [6, 6.07) is 21.2. The zero-order chi connectivity index (χ0) is 16.6. The minimum absolute atomic E-state index is 0.529. The molecule has 4 heteroatoms. The van der Waals surface area contributed by atoms with Crippen molar-refractivity contribution in [1.29, 1.82) is 0 Å². The van der Waals surface area contributed by atoms with Crippen molar-refractivity contribution in [2.24, 2.45) is 0 Å². The highest BCUT2D eigenvalue weighted by atomic mass is 32.1. The number of aromatic amines is 1. The normalized spacial score (nSPS) is 15.5. The van der Waals surface area contributed by atoms with Crippen LogP contribution >= 0.6 is 11.3 Å². The van der Waals surface area contributed by atoms with Gasteiger partial charge in [0.2, 0.25) is 0 Å². The summed E-state index contributed by atoms with van der Waals surface area (Å²) in [5.41, 5.74) is 4.84. The first-order valence-electron chi connectivity index (χ1n) is 8.65. The number of H-pyrrole nitrogens is 1. The van der Waals surface area contributed by atoms with E-state index in [4.69, 9.17) is 4.98 Å². The largest absolute Gasteiger partial charge is 0.342 e. The number of fused-ring (bicyclic) bond motifs is 1. The van der Waals surface area contributed by atoms with Crippen LogP contribution in [0.3, 0.4) is 0 Å². The third-order valence-electron chi connectivity index (χ3n) is 4.89. The molecule has 4 aromatic rings. The van der Waals surface area contributed by atoms with Crippen molar-refractivity contribution in [3.05, 3.63) is 76.7 Å². The molecule has 0 saturated carbocycles. The summed E-state index contributed by atoms with van der Waals surface area (Å²) in [5, 5.41) is 2.27. The van der Waals surface area contributed by atoms with E-state index in [1.54, 1.807) is 0 Å². The average Bonchev–Trinajstić information content (AvgIpc) is 3.25. The van der Waals surface area contributed by atoms with Crippen LogP contribution in [0.25, 0.3) is 22.2 Å². The minimum atomic E-state index is 0.529. The van der Waals surface area contributed by atoms with Gasteiger partial charge in [-0.15, -0.1) is 11.3 Å². The molecule has 3 nitrogen and oxygen atoms in total. The van der Waals surface area contributed by atoms with Crippen molar-refractivity contribution in [3.8, 4) is 11.1 Å². The van der Waals surface area contributed by atoms with Gasteiger partial charge in [0.15, 0.2) is 0 Å². The van der Waals surface area contributed by atoms with Gasteiger partial charge in [-0.2, -0.15) is 0 Å². The molecule has 0 atom stereocenters. The maximum absolute atomic E-state index is 4.74. The highest BCUT2D eigenvalue weighted by Gasteiger charge is 2.30. The van der Waals surface area contributed by atoms with E-state index in [0.29, 0.717) is 5.92 Å². The molecule has 0 bridgehead atoms. The Kier molecular flexibility index (Phi) is 3.65. The Morgan fingerprint density at radius 1 is 1.00 bits per heavy atom. The van der Waals surface area contributed by atoms with Crippen molar-refractivity contribution < 1.29 is 0 Å². The van der Waals surface area contributed by atoms with E-state index in [9.17, 15) is 0 Å². The van der Waals surface area contributed by atoms with Crippen molar-refractivity contribution in [3.63, 3.8) is 0 Å². The number of aromatic nitrogens is 2. The smallest absolute Gasteiger partial charge is 0.112 e. The van der Waals surface area contributed by atoms with Crippen LogP contribution in [0.4, 0.5) is 0 Å². The zero-order valence-electron chi connectivity index (χ0n) is 13.9. The molecule has 0 amide bonds. The van der Waals surface area contributed by atoms with Gasteiger partial charge in [-0.05, 0) is 34.7 Å². The van der Waals surface area contributed by atoms with Gasteiger partial charge in [-0.25, -0.2) is 4.98 Å². The number of para-hydroxylation sites is 2. The van der Waals surface area contributed by atoms with Gasteiger partial charge in [-0.3, -0.25) is 4.90 Å². The summed E-state index contributed by atoms with van der Waals surface area (Å²) in [5.74, 6) is 1.66. The third kappa shape index (κ3) is 2.88. The standard InChI is InChI=1S/C21H19N3S/c1-2-6-15(7-3-1)16-10-18(25-14-16)13-24-11-17(12-24)21-22-19-8-4-5-9-20(19)23-21/h1-10,14,17H,11-13H2,(H,22,23). The molecule has 2 aromatic heterocycles.